The number of piperazine rings is 1. The summed E-state index contributed by atoms with van der Waals surface area (Å²) in [5, 5.41) is 4.61. The van der Waals surface area contributed by atoms with E-state index in [1.807, 2.05) is 22.5 Å². The molecule has 1 saturated carbocycles. The summed E-state index contributed by atoms with van der Waals surface area (Å²) in [4.78, 5) is 34.0. The fraction of sp³-hybridized carbons (Fsp3) is 0.619. The molecule has 0 aromatic carbocycles. The molecule has 9 heteroatoms. The molecular weight excluding hydrogens is 400 g/mol. The molecule has 0 N–H and O–H groups in total. The first-order valence-electron chi connectivity index (χ1n) is 10.9. The quantitative estimate of drug-likeness (QED) is 0.674. The second-order valence-electron chi connectivity index (χ2n) is 8.46. The van der Waals surface area contributed by atoms with E-state index in [9.17, 15) is 9.59 Å². The van der Waals surface area contributed by atoms with Crippen LogP contribution in [0.3, 0.4) is 0 Å². The average Bonchev–Trinajstić information content (AvgIpc) is 3.58. The van der Waals surface area contributed by atoms with Gasteiger partial charge in [-0.3, -0.25) is 14.5 Å². The van der Waals surface area contributed by atoms with Crippen molar-refractivity contribution in [3.05, 3.63) is 50.4 Å². The monoisotopic (exact) mass is 428 g/mol. The van der Waals surface area contributed by atoms with Crippen molar-refractivity contribution in [1.29, 1.82) is 0 Å². The summed E-state index contributed by atoms with van der Waals surface area (Å²) in [5.41, 5.74) is 2.21. The second kappa shape index (κ2) is 8.55. The van der Waals surface area contributed by atoms with Crippen LogP contribution in [-0.2, 0) is 25.3 Å². The topological polar surface area (TPSA) is 76.3 Å². The number of rotatable bonds is 6. The molecule has 2 aromatic rings. The number of aryl methyl sites for hydroxylation is 1. The van der Waals surface area contributed by atoms with E-state index < -0.39 is 0 Å². The zero-order valence-electron chi connectivity index (χ0n) is 17.2. The van der Waals surface area contributed by atoms with Crippen LogP contribution in [0.2, 0.25) is 0 Å². The molecule has 1 saturated heterocycles. The van der Waals surface area contributed by atoms with Gasteiger partial charge in [-0.1, -0.05) is 0 Å². The van der Waals surface area contributed by atoms with Crippen molar-refractivity contribution in [2.75, 3.05) is 43.4 Å². The van der Waals surface area contributed by atoms with Gasteiger partial charge >= 0.3 is 0 Å². The lowest BCUT2D eigenvalue weighted by atomic mass is 10.2. The van der Waals surface area contributed by atoms with Gasteiger partial charge in [0.1, 0.15) is 0 Å². The molecule has 30 heavy (non-hydrogen) atoms. The molecule has 5 rings (SSSR count). The van der Waals surface area contributed by atoms with Crippen molar-refractivity contribution in [3.63, 3.8) is 0 Å². The summed E-state index contributed by atoms with van der Waals surface area (Å²) in [6.07, 6.45) is 6.95. The normalized spacial score (nSPS) is 19.7. The van der Waals surface area contributed by atoms with Crippen LogP contribution in [0, 0.1) is 5.92 Å². The fourth-order valence-electron chi connectivity index (χ4n) is 4.21. The molecule has 0 unspecified atom stereocenters. The molecule has 8 nitrogen and oxygen atoms in total. The maximum absolute atomic E-state index is 12.8. The van der Waals surface area contributed by atoms with E-state index in [0.29, 0.717) is 18.3 Å². The highest BCUT2D eigenvalue weighted by atomic mass is 32.2. The van der Waals surface area contributed by atoms with E-state index in [1.54, 1.807) is 16.9 Å². The summed E-state index contributed by atoms with van der Waals surface area (Å²) in [7, 11) is 0. The Morgan fingerprint density at radius 1 is 1.10 bits per heavy atom. The molecule has 3 aliphatic rings. The van der Waals surface area contributed by atoms with E-state index in [0.717, 1.165) is 68.5 Å². The lowest BCUT2D eigenvalue weighted by Crippen LogP contribution is -2.49. The summed E-state index contributed by atoms with van der Waals surface area (Å²) < 4.78 is 3.44. The van der Waals surface area contributed by atoms with Crippen LogP contribution in [0.1, 0.15) is 24.1 Å². The highest BCUT2D eigenvalue weighted by Gasteiger charge is 2.25. The zero-order chi connectivity index (χ0) is 20.5. The van der Waals surface area contributed by atoms with Gasteiger partial charge in [-0.2, -0.15) is 16.9 Å². The Labute approximate surface area is 179 Å². The predicted octanol–water partition coefficient (Wildman–Crippen LogP) is 0.822. The summed E-state index contributed by atoms with van der Waals surface area (Å²) in [6.45, 7) is 5.48. The maximum Gasteiger partial charge on any atom is 0.293 e. The fourth-order valence-corrected chi connectivity index (χ4v) is 5.16. The Hall–Kier alpha value is -2.13. The first-order valence-corrected chi connectivity index (χ1v) is 12.0. The highest BCUT2D eigenvalue weighted by molar-refractivity contribution is 7.98. The minimum atomic E-state index is -0.000384. The highest BCUT2D eigenvalue weighted by Crippen LogP contribution is 2.30. The van der Waals surface area contributed by atoms with Crippen LogP contribution in [0.4, 0.5) is 5.82 Å². The zero-order valence-corrected chi connectivity index (χ0v) is 18.0. The number of hydrogen-bond acceptors (Lipinski definition) is 7. The molecule has 0 bridgehead atoms. The smallest absolute Gasteiger partial charge is 0.293 e. The van der Waals surface area contributed by atoms with Crippen LogP contribution in [-0.4, -0.2) is 62.7 Å². The number of hydrogen-bond donors (Lipinski definition) is 0. The van der Waals surface area contributed by atoms with Gasteiger partial charge in [0.05, 0.1) is 12.2 Å². The van der Waals surface area contributed by atoms with E-state index in [4.69, 9.17) is 0 Å². The third-order valence-corrected chi connectivity index (χ3v) is 7.26. The van der Waals surface area contributed by atoms with E-state index in [1.165, 1.54) is 12.8 Å². The molecule has 0 amide bonds. The SMILES string of the molecule is O=c1c(N2CCN(CCn3nc4c(cc3=O)CSCC4)CC2)nccn1CC1CC1. The van der Waals surface area contributed by atoms with E-state index in [-0.39, 0.29) is 11.1 Å². The molecule has 4 heterocycles. The van der Waals surface area contributed by atoms with Crippen LogP contribution >= 0.6 is 11.8 Å². The second-order valence-corrected chi connectivity index (χ2v) is 9.57. The third-order valence-electron chi connectivity index (χ3n) is 6.25. The first kappa shape index (κ1) is 19.8. The Kier molecular flexibility index (Phi) is 5.64. The van der Waals surface area contributed by atoms with Gasteiger partial charge < -0.3 is 9.47 Å². The van der Waals surface area contributed by atoms with Crippen molar-refractivity contribution >= 4 is 17.6 Å². The molecule has 0 radical (unpaired) electrons. The molecule has 2 aromatic heterocycles. The maximum atomic E-state index is 12.8. The summed E-state index contributed by atoms with van der Waals surface area (Å²) >= 11 is 1.86. The Bertz CT molecular complexity index is 1020. The standard InChI is InChI=1S/C21H28N6O2S/c28-19-13-17-15-30-12-3-18(17)23-27(19)11-8-24-6-9-25(10-7-24)20-21(29)26(5-4-22-20)14-16-1-2-16/h4-5,13,16H,1-3,6-12,14-15H2. The molecular formula is C21H28N6O2S. The number of fused-ring (bicyclic) bond motifs is 1. The molecule has 1 aliphatic carbocycles. The summed E-state index contributed by atoms with van der Waals surface area (Å²) in [6, 6.07) is 1.76. The van der Waals surface area contributed by atoms with Gasteiger partial charge in [0.25, 0.3) is 11.1 Å². The van der Waals surface area contributed by atoms with Crippen LogP contribution in [0.25, 0.3) is 0 Å². The van der Waals surface area contributed by atoms with Crippen molar-refractivity contribution < 1.29 is 0 Å². The Morgan fingerprint density at radius 3 is 2.73 bits per heavy atom. The Morgan fingerprint density at radius 2 is 1.93 bits per heavy atom. The number of nitrogens with zero attached hydrogens (tertiary/aromatic N) is 6. The minimum absolute atomic E-state index is 0.000384. The number of aromatic nitrogens is 4. The lowest BCUT2D eigenvalue weighted by Gasteiger charge is -2.35. The van der Waals surface area contributed by atoms with E-state index in [2.05, 4.69) is 19.9 Å². The predicted molar refractivity (Wildman–Crippen MR) is 118 cm³/mol. The van der Waals surface area contributed by atoms with Gasteiger partial charge in [-0.25, -0.2) is 9.67 Å². The number of anilines is 1. The Balaban J connectivity index is 1.18. The molecule has 0 spiro atoms. The van der Waals surface area contributed by atoms with Gasteiger partial charge in [0.2, 0.25) is 0 Å². The van der Waals surface area contributed by atoms with Crippen LogP contribution < -0.4 is 16.0 Å². The van der Waals surface area contributed by atoms with Crippen LogP contribution in [0.5, 0.6) is 0 Å². The van der Waals surface area contributed by atoms with Crippen molar-refractivity contribution in [2.24, 2.45) is 5.92 Å². The molecule has 2 aliphatic heterocycles. The first-order chi connectivity index (χ1) is 14.7. The minimum Gasteiger partial charge on any atom is -0.349 e. The van der Waals surface area contributed by atoms with Gasteiger partial charge in [0, 0.05) is 69.9 Å². The van der Waals surface area contributed by atoms with Gasteiger partial charge in [-0.05, 0) is 30.1 Å². The molecule has 160 valence electrons. The van der Waals surface area contributed by atoms with Crippen LogP contribution in [0.15, 0.2) is 28.0 Å². The van der Waals surface area contributed by atoms with Crippen molar-refractivity contribution in [3.8, 4) is 0 Å². The van der Waals surface area contributed by atoms with Crippen molar-refractivity contribution in [1.82, 2.24) is 24.2 Å². The largest absolute Gasteiger partial charge is 0.349 e. The van der Waals surface area contributed by atoms with Gasteiger partial charge in [0.15, 0.2) is 5.82 Å². The molecule has 2 fully saturated rings. The summed E-state index contributed by atoms with van der Waals surface area (Å²) in [5.74, 6) is 3.21. The van der Waals surface area contributed by atoms with E-state index >= 15 is 0 Å². The van der Waals surface area contributed by atoms with Crippen molar-refractivity contribution in [2.45, 2.75) is 38.1 Å². The van der Waals surface area contributed by atoms with Gasteiger partial charge in [-0.15, -0.1) is 0 Å². The third kappa shape index (κ3) is 4.32. The average molecular weight is 429 g/mol. The molecule has 0 atom stereocenters. The lowest BCUT2D eigenvalue weighted by molar-refractivity contribution is 0.241. The number of thioether (sulfide) groups is 1.